The fraction of sp³-hybridized carbons (Fsp3) is 0. The highest BCUT2D eigenvalue weighted by atomic mass is 32.1. The minimum atomic E-state index is -0.604. The van der Waals surface area contributed by atoms with Crippen LogP contribution in [0.1, 0.15) is 10.5 Å². The molecule has 0 fully saturated rings. The van der Waals surface area contributed by atoms with Crippen molar-refractivity contribution in [2.45, 2.75) is 0 Å². The van der Waals surface area contributed by atoms with Crippen LogP contribution in [0, 0.1) is 10.1 Å². The molecule has 28 heavy (non-hydrogen) atoms. The molecule has 0 saturated heterocycles. The van der Waals surface area contributed by atoms with Crippen LogP contribution in [-0.2, 0) is 0 Å². The number of nitrogens with zero attached hydrogens (tertiary/aromatic N) is 3. The fourth-order valence-corrected chi connectivity index (χ4v) is 3.31. The molecule has 2 aromatic heterocycles. The molecule has 138 valence electrons. The number of rotatable bonds is 5. The summed E-state index contributed by atoms with van der Waals surface area (Å²) in [5.74, 6) is -0.387. The van der Waals surface area contributed by atoms with Crippen LogP contribution in [0.4, 0.5) is 5.69 Å². The van der Waals surface area contributed by atoms with Gasteiger partial charge in [-0.15, -0.1) is 11.3 Å². The minimum absolute atomic E-state index is 0.0749. The number of hydrogen-bond donors (Lipinski definition) is 0. The van der Waals surface area contributed by atoms with E-state index in [1.165, 1.54) is 40.3 Å². The van der Waals surface area contributed by atoms with E-state index >= 15 is 0 Å². The largest absolute Gasteiger partial charge is 0.422 e. The fourth-order valence-electron chi connectivity index (χ4n) is 2.63. The summed E-state index contributed by atoms with van der Waals surface area (Å²) in [4.78, 5) is 24.0. The molecule has 0 aliphatic heterocycles. The van der Waals surface area contributed by atoms with E-state index in [-0.39, 0.29) is 17.1 Å². The van der Waals surface area contributed by atoms with Gasteiger partial charge in [-0.25, -0.2) is 9.48 Å². The molecule has 8 heteroatoms. The first-order chi connectivity index (χ1) is 13.6. The molecule has 0 aliphatic rings. The van der Waals surface area contributed by atoms with Gasteiger partial charge in [0.25, 0.3) is 5.69 Å². The van der Waals surface area contributed by atoms with Crippen molar-refractivity contribution in [2.75, 3.05) is 0 Å². The summed E-state index contributed by atoms with van der Waals surface area (Å²) in [5, 5.41) is 17.3. The van der Waals surface area contributed by atoms with Gasteiger partial charge in [0.2, 0.25) is 0 Å². The predicted octanol–water partition coefficient (Wildman–Crippen LogP) is 4.73. The van der Waals surface area contributed by atoms with Gasteiger partial charge in [-0.05, 0) is 35.7 Å². The Morgan fingerprint density at radius 3 is 2.43 bits per heavy atom. The highest BCUT2D eigenvalue weighted by molar-refractivity contribution is 7.13. The topological polar surface area (TPSA) is 87.3 Å². The Labute approximate surface area is 163 Å². The van der Waals surface area contributed by atoms with E-state index < -0.39 is 10.9 Å². The Morgan fingerprint density at radius 2 is 1.79 bits per heavy atom. The molecule has 0 spiro atoms. The maximum atomic E-state index is 12.8. The summed E-state index contributed by atoms with van der Waals surface area (Å²) in [6.07, 6.45) is 0. The van der Waals surface area contributed by atoms with Crippen LogP contribution in [0.2, 0.25) is 0 Å². The van der Waals surface area contributed by atoms with Gasteiger partial charge in [-0.1, -0.05) is 24.3 Å². The van der Waals surface area contributed by atoms with E-state index in [1.54, 1.807) is 6.07 Å². The Hall–Kier alpha value is -3.78. The van der Waals surface area contributed by atoms with Crippen molar-refractivity contribution in [1.29, 1.82) is 0 Å². The van der Waals surface area contributed by atoms with E-state index in [0.717, 1.165) is 10.6 Å². The summed E-state index contributed by atoms with van der Waals surface area (Å²) in [5.41, 5.74) is 1.57. The smallest absolute Gasteiger partial charge is 0.362 e. The van der Waals surface area contributed by atoms with E-state index in [4.69, 9.17) is 4.74 Å². The van der Waals surface area contributed by atoms with E-state index in [9.17, 15) is 14.9 Å². The first-order valence-corrected chi connectivity index (χ1v) is 9.16. The predicted molar refractivity (Wildman–Crippen MR) is 105 cm³/mol. The number of aromatic nitrogens is 2. The van der Waals surface area contributed by atoms with Crippen molar-refractivity contribution in [1.82, 2.24) is 9.78 Å². The lowest BCUT2D eigenvalue weighted by Gasteiger charge is -2.07. The summed E-state index contributed by atoms with van der Waals surface area (Å²) in [7, 11) is 0. The molecular weight excluding hydrogens is 378 g/mol. The number of benzene rings is 2. The number of non-ortho nitro benzene ring substituents is 1. The zero-order valence-corrected chi connectivity index (χ0v) is 15.2. The third-order valence-corrected chi connectivity index (χ3v) is 4.84. The molecule has 0 aliphatic carbocycles. The highest BCUT2D eigenvalue weighted by Gasteiger charge is 2.20. The second-order valence-electron chi connectivity index (χ2n) is 5.78. The summed E-state index contributed by atoms with van der Waals surface area (Å²) >= 11 is 1.52. The van der Waals surface area contributed by atoms with Gasteiger partial charge >= 0.3 is 5.97 Å². The molecule has 0 bridgehead atoms. The molecule has 0 atom stereocenters. The van der Waals surface area contributed by atoms with Crippen LogP contribution >= 0.6 is 11.3 Å². The van der Waals surface area contributed by atoms with Crippen LogP contribution in [0.3, 0.4) is 0 Å². The summed E-state index contributed by atoms with van der Waals surface area (Å²) in [6.45, 7) is 0. The molecule has 7 nitrogen and oxygen atoms in total. The van der Waals surface area contributed by atoms with Gasteiger partial charge < -0.3 is 4.74 Å². The average molecular weight is 391 g/mol. The lowest BCUT2D eigenvalue weighted by atomic mass is 10.3. The van der Waals surface area contributed by atoms with Crippen molar-refractivity contribution >= 4 is 23.0 Å². The maximum Gasteiger partial charge on any atom is 0.362 e. The van der Waals surface area contributed by atoms with Crippen LogP contribution in [0.5, 0.6) is 5.75 Å². The number of nitro benzene ring substituents is 1. The first kappa shape index (κ1) is 17.6. The number of carbonyl (C=O) groups is 1. The lowest BCUT2D eigenvalue weighted by Crippen LogP contribution is -2.14. The highest BCUT2D eigenvalue weighted by Crippen LogP contribution is 2.27. The molecule has 4 rings (SSSR count). The third kappa shape index (κ3) is 3.53. The van der Waals surface area contributed by atoms with E-state index in [1.807, 2.05) is 47.8 Å². The molecule has 4 aromatic rings. The minimum Gasteiger partial charge on any atom is -0.422 e. The Morgan fingerprint density at radius 1 is 1.04 bits per heavy atom. The van der Waals surface area contributed by atoms with Crippen molar-refractivity contribution in [2.24, 2.45) is 0 Å². The van der Waals surface area contributed by atoms with Gasteiger partial charge in [0.1, 0.15) is 11.4 Å². The second-order valence-corrected chi connectivity index (χ2v) is 6.73. The van der Waals surface area contributed by atoms with Gasteiger partial charge in [-0.3, -0.25) is 10.1 Å². The molecule has 2 heterocycles. The van der Waals surface area contributed by atoms with Gasteiger partial charge in [0.15, 0.2) is 5.69 Å². The molecule has 0 N–H and O–H groups in total. The van der Waals surface area contributed by atoms with Crippen molar-refractivity contribution in [3.8, 4) is 22.0 Å². The molecular formula is C20H13N3O4S. The number of hydrogen-bond acceptors (Lipinski definition) is 6. The quantitative estimate of drug-likeness (QED) is 0.212. The zero-order valence-electron chi connectivity index (χ0n) is 14.4. The summed E-state index contributed by atoms with van der Waals surface area (Å²) < 4.78 is 6.94. The Bertz CT molecular complexity index is 1120. The van der Waals surface area contributed by atoms with E-state index in [0.29, 0.717) is 5.69 Å². The lowest BCUT2D eigenvalue weighted by molar-refractivity contribution is -0.384. The first-order valence-electron chi connectivity index (χ1n) is 8.28. The molecule has 2 aromatic carbocycles. The van der Waals surface area contributed by atoms with E-state index in [2.05, 4.69) is 5.10 Å². The van der Waals surface area contributed by atoms with Crippen molar-refractivity contribution in [3.05, 3.63) is 94.0 Å². The SMILES string of the molecule is O=C(Oc1ccc([N+](=O)[O-])cc1)c1cc(-c2cccs2)nn1-c1ccccc1. The van der Waals surface area contributed by atoms with Crippen LogP contribution < -0.4 is 4.74 Å². The zero-order chi connectivity index (χ0) is 19.5. The Balaban J connectivity index is 1.69. The third-order valence-electron chi connectivity index (χ3n) is 3.95. The monoisotopic (exact) mass is 391 g/mol. The number of ether oxygens (including phenoxy) is 1. The van der Waals surface area contributed by atoms with Crippen LogP contribution in [0.15, 0.2) is 78.2 Å². The molecule has 0 radical (unpaired) electrons. The van der Waals surface area contributed by atoms with Gasteiger partial charge in [-0.2, -0.15) is 5.10 Å². The number of carbonyl (C=O) groups excluding carboxylic acids is 1. The normalized spacial score (nSPS) is 10.6. The maximum absolute atomic E-state index is 12.8. The number of para-hydroxylation sites is 1. The molecule has 0 saturated carbocycles. The number of nitro groups is 1. The van der Waals surface area contributed by atoms with Crippen LogP contribution in [-0.4, -0.2) is 20.7 Å². The van der Waals surface area contributed by atoms with Gasteiger partial charge in [0.05, 0.1) is 15.5 Å². The standard InChI is InChI=1S/C20H13N3O4S/c24-20(27-16-10-8-15(9-11-16)23(25)26)18-13-17(19-7-4-12-28-19)21-22(18)14-5-2-1-3-6-14/h1-13H. The molecule has 0 amide bonds. The summed E-state index contributed by atoms with van der Waals surface area (Å²) in [6, 6.07) is 20.1. The van der Waals surface area contributed by atoms with Crippen molar-refractivity contribution < 1.29 is 14.5 Å². The molecule has 0 unspecified atom stereocenters. The average Bonchev–Trinajstić information content (AvgIpc) is 3.39. The van der Waals surface area contributed by atoms with Gasteiger partial charge in [0, 0.05) is 18.2 Å². The Kier molecular flexibility index (Phi) is 4.69. The second kappa shape index (κ2) is 7.45. The number of thiophene rings is 1. The van der Waals surface area contributed by atoms with Crippen molar-refractivity contribution in [3.63, 3.8) is 0 Å². The van der Waals surface area contributed by atoms with Crippen LogP contribution in [0.25, 0.3) is 16.3 Å². The number of esters is 1.